The second kappa shape index (κ2) is 11.0. The van der Waals surface area contributed by atoms with Crippen LogP contribution in [0.25, 0.3) is 0 Å². The summed E-state index contributed by atoms with van der Waals surface area (Å²) in [7, 11) is 0. The summed E-state index contributed by atoms with van der Waals surface area (Å²) in [6.45, 7) is 6.25. The minimum Gasteiger partial charge on any atom is -0.489 e. The molecule has 1 fully saturated rings. The van der Waals surface area contributed by atoms with Crippen LogP contribution in [0.5, 0.6) is 5.75 Å². The van der Waals surface area contributed by atoms with Crippen LogP contribution in [0.3, 0.4) is 0 Å². The Bertz CT molecular complexity index is 701. The number of rotatable bonds is 9. The van der Waals surface area contributed by atoms with E-state index in [4.69, 9.17) is 4.74 Å². The fourth-order valence-corrected chi connectivity index (χ4v) is 3.12. The Kier molecular flexibility index (Phi) is 8.62. The van der Waals surface area contributed by atoms with E-state index in [1.807, 2.05) is 17.0 Å². The predicted molar refractivity (Wildman–Crippen MR) is 111 cm³/mol. The van der Waals surface area contributed by atoms with Crippen molar-refractivity contribution in [2.75, 3.05) is 19.6 Å². The number of amides is 1. The Morgan fingerprint density at radius 1 is 1.04 bits per heavy atom. The van der Waals surface area contributed by atoms with Crippen molar-refractivity contribution in [3.05, 3.63) is 65.2 Å². The first-order valence-electron chi connectivity index (χ1n) is 9.46. The SMILES string of the molecule is Cc1ccc(COc2ccc(CNCCCN3CCCC3=O)cc2)cc1.Cl. The second-order valence-corrected chi connectivity index (χ2v) is 6.93. The molecule has 0 radical (unpaired) electrons. The van der Waals surface area contributed by atoms with Crippen LogP contribution >= 0.6 is 12.4 Å². The van der Waals surface area contributed by atoms with Gasteiger partial charge in [0, 0.05) is 26.1 Å². The number of nitrogens with zero attached hydrogens (tertiary/aromatic N) is 1. The van der Waals surface area contributed by atoms with E-state index >= 15 is 0 Å². The number of benzene rings is 2. The van der Waals surface area contributed by atoms with Crippen LogP contribution < -0.4 is 10.1 Å². The number of carbonyl (C=O) groups excluding carboxylic acids is 1. The van der Waals surface area contributed by atoms with Gasteiger partial charge in [-0.05, 0) is 49.6 Å². The van der Waals surface area contributed by atoms with Crippen molar-refractivity contribution in [3.63, 3.8) is 0 Å². The Morgan fingerprint density at radius 3 is 2.41 bits per heavy atom. The number of nitrogens with one attached hydrogen (secondary N) is 1. The van der Waals surface area contributed by atoms with Crippen molar-refractivity contribution >= 4 is 18.3 Å². The van der Waals surface area contributed by atoms with Gasteiger partial charge in [-0.2, -0.15) is 0 Å². The molecule has 1 aliphatic rings. The van der Waals surface area contributed by atoms with Gasteiger partial charge in [0.15, 0.2) is 0 Å². The van der Waals surface area contributed by atoms with Crippen molar-refractivity contribution in [2.45, 2.75) is 39.3 Å². The fourth-order valence-electron chi connectivity index (χ4n) is 3.12. The molecule has 0 saturated carbocycles. The molecule has 0 atom stereocenters. The Balaban J connectivity index is 0.00000261. The first-order valence-corrected chi connectivity index (χ1v) is 9.46. The van der Waals surface area contributed by atoms with Gasteiger partial charge in [0.2, 0.25) is 5.91 Å². The maximum Gasteiger partial charge on any atom is 0.222 e. The van der Waals surface area contributed by atoms with Gasteiger partial charge in [0.1, 0.15) is 12.4 Å². The van der Waals surface area contributed by atoms with E-state index in [2.05, 4.69) is 48.6 Å². The normalized spacial score (nSPS) is 13.5. The molecular weight excluding hydrogens is 360 g/mol. The van der Waals surface area contributed by atoms with E-state index in [1.165, 1.54) is 16.7 Å². The zero-order valence-corrected chi connectivity index (χ0v) is 16.8. The second-order valence-electron chi connectivity index (χ2n) is 6.93. The van der Waals surface area contributed by atoms with Crippen molar-refractivity contribution in [1.82, 2.24) is 10.2 Å². The molecule has 27 heavy (non-hydrogen) atoms. The molecule has 0 unspecified atom stereocenters. The number of halogens is 1. The minimum absolute atomic E-state index is 0. The van der Waals surface area contributed by atoms with E-state index in [9.17, 15) is 4.79 Å². The largest absolute Gasteiger partial charge is 0.489 e. The molecule has 5 heteroatoms. The van der Waals surface area contributed by atoms with Crippen LogP contribution in [0, 0.1) is 6.92 Å². The highest BCUT2D eigenvalue weighted by Crippen LogP contribution is 2.15. The molecule has 1 saturated heterocycles. The van der Waals surface area contributed by atoms with Gasteiger partial charge >= 0.3 is 0 Å². The quantitative estimate of drug-likeness (QED) is 0.657. The molecule has 146 valence electrons. The van der Waals surface area contributed by atoms with Gasteiger partial charge in [-0.3, -0.25) is 4.79 Å². The summed E-state index contributed by atoms with van der Waals surface area (Å²) < 4.78 is 5.84. The average Bonchev–Trinajstić information content (AvgIpc) is 3.07. The topological polar surface area (TPSA) is 41.6 Å². The zero-order valence-electron chi connectivity index (χ0n) is 15.9. The number of hydrogen-bond acceptors (Lipinski definition) is 3. The van der Waals surface area contributed by atoms with Crippen molar-refractivity contribution in [1.29, 1.82) is 0 Å². The molecule has 3 rings (SSSR count). The Hall–Kier alpha value is -2.04. The van der Waals surface area contributed by atoms with E-state index in [0.717, 1.165) is 51.2 Å². The third-order valence-corrected chi connectivity index (χ3v) is 4.73. The minimum atomic E-state index is 0. The lowest BCUT2D eigenvalue weighted by molar-refractivity contribution is -0.127. The summed E-state index contributed by atoms with van der Waals surface area (Å²) >= 11 is 0. The highest BCUT2D eigenvalue weighted by atomic mass is 35.5. The summed E-state index contributed by atoms with van der Waals surface area (Å²) in [4.78, 5) is 13.5. The molecule has 0 aromatic heterocycles. The summed E-state index contributed by atoms with van der Waals surface area (Å²) in [6, 6.07) is 16.7. The third kappa shape index (κ3) is 6.89. The summed E-state index contributed by atoms with van der Waals surface area (Å²) in [6.07, 6.45) is 2.75. The molecule has 4 nitrogen and oxygen atoms in total. The molecule has 0 spiro atoms. The smallest absolute Gasteiger partial charge is 0.222 e. The van der Waals surface area contributed by atoms with Crippen LogP contribution in [0.15, 0.2) is 48.5 Å². The maximum atomic E-state index is 11.5. The van der Waals surface area contributed by atoms with Crippen LogP contribution in [0.2, 0.25) is 0 Å². The molecule has 2 aromatic carbocycles. The third-order valence-electron chi connectivity index (χ3n) is 4.73. The van der Waals surface area contributed by atoms with Crippen LogP contribution in [0.1, 0.15) is 36.0 Å². The monoisotopic (exact) mass is 388 g/mol. The zero-order chi connectivity index (χ0) is 18.2. The highest BCUT2D eigenvalue weighted by Gasteiger charge is 2.18. The average molecular weight is 389 g/mol. The lowest BCUT2D eigenvalue weighted by atomic mass is 10.2. The van der Waals surface area contributed by atoms with E-state index in [1.54, 1.807) is 0 Å². The number of aryl methyl sites for hydroxylation is 1. The lowest BCUT2D eigenvalue weighted by Crippen LogP contribution is -2.28. The van der Waals surface area contributed by atoms with Crippen molar-refractivity contribution in [2.24, 2.45) is 0 Å². The first kappa shape index (κ1) is 21.3. The van der Waals surface area contributed by atoms with E-state index < -0.39 is 0 Å². The van der Waals surface area contributed by atoms with Crippen molar-refractivity contribution < 1.29 is 9.53 Å². The Labute approximate surface area is 168 Å². The Morgan fingerprint density at radius 2 is 1.74 bits per heavy atom. The number of carbonyl (C=O) groups is 1. The van der Waals surface area contributed by atoms with Crippen LogP contribution in [-0.2, 0) is 17.9 Å². The molecule has 1 aliphatic heterocycles. The fraction of sp³-hybridized carbons (Fsp3) is 0.409. The van der Waals surface area contributed by atoms with Gasteiger partial charge in [-0.25, -0.2) is 0 Å². The molecule has 1 heterocycles. The maximum absolute atomic E-state index is 11.5. The van der Waals surface area contributed by atoms with Crippen LogP contribution in [-0.4, -0.2) is 30.4 Å². The van der Waals surface area contributed by atoms with Crippen molar-refractivity contribution in [3.8, 4) is 5.75 Å². The van der Waals surface area contributed by atoms with E-state index in [0.29, 0.717) is 12.5 Å². The summed E-state index contributed by atoms with van der Waals surface area (Å²) in [5.74, 6) is 1.20. The number of ether oxygens (including phenoxy) is 1. The van der Waals surface area contributed by atoms with Gasteiger partial charge in [0.05, 0.1) is 0 Å². The molecule has 1 amide bonds. The summed E-state index contributed by atoms with van der Waals surface area (Å²) in [5, 5.41) is 3.44. The van der Waals surface area contributed by atoms with Gasteiger partial charge < -0.3 is 15.0 Å². The highest BCUT2D eigenvalue weighted by molar-refractivity contribution is 5.85. The van der Waals surface area contributed by atoms with Gasteiger partial charge in [-0.1, -0.05) is 42.0 Å². The first-order chi connectivity index (χ1) is 12.7. The standard InChI is InChI=1S/C22H28N2O2.ClH/c1-18-5-7-20(8-6-18)17-26-21-11-9-19(10-12-21)16-23-13-3-15-24-14-2-4-22(24)25;/h5-12,23H,2-4,13-17H2,1H3;1H. The molecule has 0 bridgehead atoms. The summed E-state index contributed by atoms with van der Waals surface area (Å²) in [5.41, 5.74) is 3.68. The molecular formula is C22H29ClN2O2. The van der Waals surface area contributed by atoms with E-state index in [-0.39, 0.29) is 12.4 Å². The van der Waals surface area contributed by atoms with Gasteiger partial charge in [0.25, 0.3) is 0 Å². The van der Waals surface area contributed by atoms with Crippen LogP contribution in [0.4, 0.5) is 0 Å². The lowest BCUT2D eigenvalue weighted by Gasteiger charge is -2.15. The number of likely N-dealkylation sites (tertiary alicyclic amines) is 1. The number of hydrogen-bond donors (Lipinski definition) is 1. The van der Waals surface area contributed by atoms with Gasteiger partial charge in [-0.15, -0.1) is 12.4 Å². The predicted octanol–water partition coefficient (Wildman–Crippen LogP) is 4.10. The molecule has 1 N–H and O–H groups in total. The molecule has 0 aliphatic carbocycles. The molecule has 2 aromatic rings.